The third kappa shape index (κ3) is 14.3. The standard InChI is InChI=1S/C30H47N3O8/c1-21(2)41-30(38)33-25(18-22-10-6-4-7-11-22)26(34)19-27(35)32-24(14-15-28(36)39-3)29(37)31-16-17-40-20-23-12-8-5-9-13-23/h5,8-9,12-13,21-22,24-26,34H,4,6-7,10-11,14-20H2,1-3H3,(H,31,37)(H,32,35)(H,33,38)/t24-,25?,26?/m0/s1. The summed E-state index contributed by atoms with van der Waals surface area (Å²) in [5.41, 5.74) is 1.01. The van der Waals surface area contributed by atoms with Crippen LogP contribution in [0, 0.1) is 5.92 Å². The van der Waals surface area contributed by atoms with Gasteiger partial charge in [0.25, 0.3) is 0 Å². The van der Waals surface area contributed by atoms with E-state index in [0.29, 0.717) is 18.9 Å². The van der Waals surface area contributed by atoms with Crippen LogP contribution in [0.5, 0.6) is 0 Å². The first-order valence-electron chi connectivity index (χ1n) is 14.6. The molecule has 1 aromatic carbocycles. The third-order valence-electron chi connectivity index (χ3n) is 6.99. The first kappa shape index (κ1) is 34.0. The smallest absolute Gasteiger partial charge is 0.407 e. The minimum atomic E-state index is -1.19. The van der Waals surface area contributed by atoms with Crippen LogP contribution in [-0.4, -0.2) is 73.5 Å². The molecule has 3 atom stereocenters. The van der Waals surface area contributed by atoms with Crippen molar-refractivity contribution in [3.05, 3.63) is 35.9 Å². The zero-order valence-corrected chi connectivity index (χ0v) is 24.6. The lowest BCUT2D eigenvalue weighted by Gasteiger charge is -2.30. The molecule has 1 aromatic rings. The van der Waals surface area contributed by atoms with Gasteiger partial charge in [0.1, 0.15) is 6.04 Å². The van der Waals surface area contributed by atoms with Gasteiger partial charge in [-0.05, 0) is 38.2 Å². The van der Waals surface area contributed by atoms with Crippen LogP contribution in [0.2, 0.25) is 0 Å². The van der Waals surface area contributed by atoms with Crippen molar-refractivity contribution in [2.75, 3.05) is 20.3 Å². The molecule has 0 bridgehead atoms. The van der Waals surface area contributed by atoms with Gasteiger partial charge in [-0.15, -0.1) is 0 Å². The van der Waals surface area contributed by atoms with Crippen molar-refractivity contribution >= 4 is 23.9 Å². The molecular weight excluding hydrogens is 530 g/mol. The molecule has 0 heterocycles. The monoisotopic (exact) mass is 577 g/mol. The number of aliphatic hydroxyl groups is 1. The SMILES string of the molecule is COC(=O)CC[C@H](NC(=O)CC(O)C(CC1CCCCC1)NC(=O)OC(C)C)C(=O)NCCOCc1ccccc1. The van der Waals surface area contributed by atoms with Crippen LogP contribution >= 0.6 is 0 Å². The van der Waals surface area contributed by atoms with Crippen molar-refractivity contribution in [1.82, 2.24) is 16.0 Å². The molecule has 230 valence electrons. The predicted octanol–water partition coefficient (Wildman–Crippen LogP) is 2.98. The number of alkyl carbamates (subject to hydrolysis) is 1. The molecule has 41 heavy (non-hydrogen) atoms. The highest BCUT2D eigenvalue weighted by atomic mass is 16.6. The molecule has 0 radical (unpaired) electrons. The van der Waals surface area contributed by atoms with Crippen molar-refractivity contribution in [3.63, 3.8) is 0 Å². The second kappa shape index (κ2) is 19.0. The Morgan fingerprint density at radius 3 is 2.39 bits per heavy atom. The Balaban J connectivity index is 1.93. The predicted molar refractivity (Wildman–Crippen MR) is 153 cm³/mol. The van der Waals surface area contributed by atoms with E-state index in [2.05, 4.69) is 20.7 Å². The number of methoxy groups -OCH3 is 1. The molecule has 0 aliphatic heterocycles. The van der Waals surface area contributed by atoms with Gasteiger partial charge in [-0.3, -0.25) is 14.4 Å². The molecule has 0 spiro atoms. The number of rotatable bonds is 17. The van der Waals surface area contributed by atoms with Crippen LogP contribution in [0.3, 0.4) is 0 Å². The summed E-state index contributed by atoms with van der Waals surface area (Å²) in [5.74, 6) is -1.23. The maximum absolute atomic E-state index is 12.9. The number of aliphatic hydroxyl groups excluding tert-OH is 1. The second-order valence-electron chi connectivity index (χ2n) is 10.8. The van der Waals surface area contributed by atoms with E-state index in [1.165, 1.54) is 13.5 Å². The van der Waals surface area contributed by atoms with Gasteiger partial charge in [0, 0.05) is 13.0 Å². The lowest BCUT2D eigenvalue weighted by atomic mass is 9.83. The van der Waals surface area contributed by atoms with Gasteiger partial charge in [0.15, 0.2) is 0 Å². The number of amides is 3. The molecule has 1 saturated carbocycles. The van der Waals surface area contributed by atoms with E-state index < -0.39 is 42.1 Å². The number of benzene rings is 1. The number of esters is 1. The zero-order valence-electron chi connectivity index (χ0n) is 24.6. The first-order valence-corrected chi connectivity index (χ1v) is 14.6. The number of ether oxygens (including phenoxy) is 3. The summed E-state index contributed by atoms with van der Waals surface area (Å²) in [6.45, 7) is 4.34. The molecule has 3 amide bonds. The van der Waals surface area contributed by atoms with E-state index >= 15 is 0 Å². The van der Waals surface area contributed by atoms with Gasteiger partial charge in [-0.25, -0.2) is 4.79 Å². The van der Waals surface area contributed by atoms with Gasteiger partial charge in [0.2, 0.25) is 11.8 Å². The Kier molecular flexibility index (Phi) is 15.8. The van der Waals surface area contributed by atoms with Crippen LogP contribution in [0.1, 0.15) is 77.2 Å². The van der Waals surface area contributed by atoms with E-state index in [0.717, 1.165) is 31.2 Å². The largest absolute Gasteiger partial charge is 0.469 e. The topological polar surface area (TPSA) is 152 Å². The lowest BCUT2D eigenvalue weighted by Crippen LogP contribution is -2.50. The Labute approximate surface area is 243 Å². The number of carbonyl (C=O) groups excluding carboxylic acids is 4. The molecule has 1 fully saturated rings. The average Bonchev–Trinajstić information content (AvgIpc) is 2.95. The highest BCUT2D eigenvalue weighted by Gasteiger charge is 2.30. The quantitative estimate of drug-likeness (QED) is 0.163. The first-order chi connectivity index (χ1) is 19.7. The Hall–Kier alpha value is -3.18. The minimum absolute atomic E-state index is 0.0235. The Bertz CT molecular complexity index is 937. The molecule has 1 aliphatic rings. The fourth-order valence-corrected chi connectivity index (χ4v) is 4.85. The van der Waals surface area contributed by atoms with E-state index in [-0.39, 0.29) is 38.5 Å². The van der Waals surface area contributed by atoms with Crippen molar-refractivity contribution in [2.24, 2.45) is 5.92 Å². The molecule has 4 N–H and O–H groups in total. The molecule has 0 saturated heterocycles. The van der Waals surface area contributed by atoms with E-state index in [4.69, 9.17) is 9.47 Å². The maximum Gasteiger partial charge on any atom is 0.407 e. The fraction of sp³-hybridized carbons (Fsp3) is 0.667. The third-order valence-corrected chi connectivity index (χ3v) is 6.99. The van der Waals surface area contributed by atoms with Gasteiger partial charge < -0.3 is 35.3 Å². The van der Waals surface area contributed by atoms with Gasteiger partial charge in [-0.1, -0.05) is 62.4 Å². The van der Waals surface area contributed by atoms with E-state index in [9.17, 15) is 24.3 Å². The van der Waals surface area contributed by atoms with Crippen LogP contribution in [0.15, 0.2) is 30.3 Å². The summed E-state index contributed by atoms with van der Waals surface area (Å²) in [6, 6.07) is 7.93. The summed E-state index contributed by atoms with van der Waals surface area (Å²) in [7, 11) is 1.25. The van der Waals surface area contributed by atoms with Gasteiger partial charge in [0.05, 0.1) is 45.0 Å². The molecule has 2 unspecified atom stereocenters. The number of carbonyl (C=O) groups is 4. The molecule has 0 aromatic heterocycles. The van der Waals surface area contributed by atoms with Crippen molar-refractivity contribution in [1.29, 1.82) is 0 Å². The summed E-state index contributed by atoms with van der Waals surface area (Å²) in [6.07, 6.45) is 3.34. The van der Waals surface area contributed by atoms with Crippen LogP contribution in [0.25, 0.3) is 0 Å². The fourth-order valence-electron chi connectivity index (χ4n) is 4.85. The number of nitrogens with one attached hydrogen (secondary N) is 3. The Morgan fingerprint density at radius 1 is 1.02 bits per heavy atom. The van der Waals surface area contributed by atoms with E-state index in [1.54, 1.807) is 13.8 Å². The Morgan fingerprint density at radius 2 is 1.73 bits per heavy atom. The summed E-state index contributed by atoms with van der Waals surface area (Å²) >= 11 is 0. The molecular formula is C30H47N3O8. The van der Waals surface area contributed by atoms with Crippen molar-refractivity contribution < 1.29 is 38.5 Å². The normalized spacial score (nSPS) is 15.8. The van der Waals surface area contributed by atoms with Crippen molar-refractivity contribution in [2.45, 2.75) is 103 Å². The minimum Gasteiger partial charge on any atom is -0.469 e. The maximum atomic E-state index is 12.9. The molecule has 1 aliphatic carbocycles. The lowest BCUT2D eigenvalue weighted by molar-refractivity contribution is -0.141. The molecule has 11 nitrogen and oxygen atoms in total. The van der Waals surface area contributed by atoms with Gasteiger partial charge >= 0.3 is 12.1 Å². The summed E-state index contributed by atoms with van der Waals surface area (Å²) < 4.78 is 15.5. The number of hydrogen-bond acceptors (Lipinski definition) is 8. The summed E-state index contributed by atoms with van der Waals surface area (Å²) in [5, 5.41) is 19.1. The molecule has 2 rings (SSSR count). The average molecular weight is 578 g/mol. The second-order valence-corrected chi connectivity index (χ2v) is 10.8. The highest BCUT2D eigenvalue weighted by molar-refractivity contribution is 5.88. The van der Waals surface area contributed by atoms with Gasteiger partial charge in [-0.2, -0.15) is 0 Å². The summed E-state index contributed by atoms with van der Waals surface area (Å²) in [4.78, 5) is 49.8. The van der Waals surface area contributed by atoms with Crippen LogP contribution in [-0.2, 0) is 35.2 Å². The van der Waals surface area contributed by atoms with Crippen molar-refractivity contribution in [3.8, 4) is 0 Å². The van der Waals surface area contributed by atoms with Crippen LogP contribution in [0.4, 0.5) is 4.79 Å². The highest BCUT2D eigenvalue weighted by Crippen LogP contribution is 2.28. The molecule has 11 heteroatoms. The van der Waals surface area contributed by atoms with E-state index in [1.807, 2.05) is 30.3 Å². The zero-order chi connectivity index (χ0) is 30.0. The van der Waals surface area contributed by atoms with Crippen LogP contribution < -0.4 is 16.0 Å². The number of hydrogen-bond donors (Lipinski definition) is 4.